The zero-order valence-electron chi connectivity index (χ0n) is 14.5. The van der Waals surface area contributed by atoms with Crippen molar-refractivity contribution < 1.29 is 9.53 Å². The first kappa shape index (κ1) is 17.0. The molecule has 0 unspecified atom stereocenters. The van der Waals surface area contributed by atoms with E-state index in [1.165, 1.54) is 0 Å². The molecule has 0 aromatic heterocycles. The minimum Gasteiger partial charge on any atom is -0.494 e. The molecule has 0 aliphatic carbocycles. The predicted octanol–water partition coefficient (Wildman–Crippen LogP) is 5.20. The van der Waals surface area contributed by atoms with Crippen molar-refractivity contribution in [1.29, 1.82) is 0 Å². The molecule has 3 aromatic carbocycles. The number of carbonyl (C=O) groups excluding carboxylic acids is 1. The lowest BCUT2D eigenvalue weighted by Crippen LogP contribution is -2.14. The molecule has 0 saturated carbocycles. The highest BCUT2D eigenvalue weighted by Gasteiger charge is 2.07. The number of benzene rings is 3. The van der Waals surface area contributed by atoms with Crippen LogP contribution in [0.2, 0.25) is 0 Å². The Labute approximate surface area is 148 Å². The number of anilines is 1. The Hall–Kier alpha value is -2.81. The van der Waals surface area contributed by atoms with E-state index in [-0.39, 0.29) is 5.91 Å². The van der Waals surface area contributed by atoms with E-state index in [1.807, 2.05) is 48.5 Å². The van der Waals surface area contributed by atoms with Crippen LogP contribution in [0.25, 0.3) is 10.8 Å². The van der Waals surface area contributed by atoms with E-state index < -0.39 is 0 Å². The van der Waals surface area contributed by atoms with Gasteiger partial charge in [0.05, 0.1) is 13.0 Å². The van der Waals surface area contributed by atoms with Crippen molar-refractivity contribution in [2.24, 2.45) is 0 Å². The average Bonchev–Trinajstić information content (AvgIpc) is 2.64. The summed E-state index contributed by atoms with van der Waals surface area (Å²) in [7, 11) is 0. The van der Waals surface area contributed by atoms with Crippen molar-refractivity contribution in [2.75, 3.05) is 11.9 Å². The van der Waals surface area contributed by atoms with E-state index in [4.69, 9.17) is 4.74 Å². The second-order valence-electron chi connectivity index (χ2n) is 6.09. The molecule has 0 aliphatic heterocycles. The minimum absolute atomic E-state index is 0.0176. The Morgan fingerprint density at radius 3 is 2.52 bits per heavy atom. The van der Waals surface area contributed by atoms with Crippen LogP contribution in [-0.4, -0.2) is 12.5 Å². The molecule has 0 bridgehead atoms. The Morgan fingerprint density at radius 2 is 1.72 bits per heavy atom. The Bertz CT molecular complexity index is 835. The number of hydrogen-bond acceptors (Lipinski definition) is 2. The molecule has 1 N–H and O–H groups in total. The first-order valence-corrected chi connectivity index (χ1v) is 8.75. The molecular weight excluding hydrogens is 310 g/mol. The molecule has 0 aliphatic rings. The smallest absolute Gasteiger partial charge is 0.228 e. The highest BCUT2D eigenvalue weighted by atomic mass is 16.5. The molecule has 128 valence electrons. The summed E-state index contributed by atoms with van der Waals surface area (Å²) in [6.45, 7) is 2.86. The molecule has 0 heterocycles. The first-order valence-electron chi connectivity index (χ1n) is 8.75. The van der Waals surface area contributed by atoms with Crippen LogP contribution in [0.1, 0.15) is 25.3 Å². The first-order chi connectivity index (χ1) is 12.3. The number of rotatable bonds is 7. The van der Waals surface area contributed by atoms with Gasteiger partial charge in [-0.3, -0.25) is 4.79 Å². The number of amides is 1. The molecule has 0 atom stereocenters. The summed E-state index contributed by atoms with van der Waals surface area (Å²) in [6, 6.07) is 21.7. The number of fused-ring (bicyclic) bond motifs is 1. The van der Waals surface area contributed by atoms with Gasteiger partial charge in [-0.1, -0.05) is 55.8 Å². The highest BCUT2D eigenvalue weighted by Crippen LogP contribution is 2.20. The lowest BCUT2D eigenvalue weighted by atomic mass is 10.0. The molecule has 0 spiro atoms. The van der Waals surface area contributed by atoms with Crippen molar-refractivity contribution in [3.63, 3.8) is 0 Å². The number of hydrogen-bond donors (Lipinski definition) is 1. The summed E-state index contributed by atoms with van der Waals surface area (Å²) in [4.78, 5) is 12.4. The Balaban J connectivity index is 1.62. The molecule has 3 aromatic rings. The van der Waals surface area contributed by atoms with Gasteiger partial charge in [-0.2, -0.15) is 0 Å². The number of carbonyl (C=O) groups is 1. The number of nitrogens with one attached hydrogen (secondary N) is 1. The summed E-state index contributed by atoms with van der Waals surface area (Å²) in [5.74, 6) is 0.816. The molecule has 3 nitrogen and oxygen atoms in total. The molecule has 0 saturated heterocycles. The minimum atomic E-state index is -0.0176. The summed E-state index contributed by atoms with van der Waals surface area (Å²) >= 11 is 0. The van der Waals surface area contributed by atoms with Crippen molar-refractivity contribution in [3.05, 3.63) is 72.3 Å². The van der Waals surface area contributed by atoms with Crippen LogP contribution in [0.4, 0.5) is 5.69 Å². The lowest BCUT2D eigenvalue weighted by Gasteiger charge is -2.09. The van der Waals surface area contributed by atoms with Gasteiger partial charge < -0.3 is 10.1 Å². The summed E-state index contributed by atoms with van der Waals surface area (Å²) in [5, 5.41) is 5.23. The maximum Gasteiger partial charge on any atom is 0.228 e. The lowest BCUT2D eigenvalue weighted by molar-refractivity contribution is -0.115. The van der Waals surface area contributed by atoms with Gasteiger partial charge in [0.2, 0.25) is 5.91 Å². The van der Waals surface area contributed by atoms with E-state index >= 15 is 0 Å². The molecule has 1 amide bonds. The fraction of sp³-hybridized carbons (Fsp3) is 0.227. The van der Waals surface area contributed by atoms with Crippen LogP contribution in [0.15, 0.2) is 66.7 Å². The summed E-state index contributed by atoms with van der Waals surface area (Å²) in [5.41, 5.74) is 1.82. The maximum absolute atomic E-state index is 12.4. The van der Waals surface area contributed by atoms with Crippen LogP contribution >= 0.6 is 0 Å². The van der Waals surface area contributed by atoms with Gasteiger partial charge in [-0.15, -0.1) is 0 Å². The zero-order chi connectivity index (χ0) is 17.5. The standard InChI is InChI=1S/C22H23NO2/c1-2-3-15-25-20-13-11-19(12-14-20)23-22(24)16-18-9-6-8-17-7-4-5-10-21(17)18/h4-14H,2-3,15-16H2,1H3,(H,23,24). The third kappa shape index (κ3) is 4.60. The van der Waals surface area contributed by atoms with E-state index in [1.54, 1.807) is 0 Å². The maximum atomic E-state index is 12.4. The van der Waals surface area contributed by atoms with Crippen molar-refractivity contribution in [3.8, 4) is 5.75 Å². The quantitative estimate of drug-likeness (QED) is 0.604. The number of unbranched alkanes of at least 4 members (excludes halogenated alkanes) is 1. The van der Waals surface area contributed by atoms with Gasteiger partial charge in [0.15, 0.2) is 0 Å². The van der Waals surface area contributed by atoms with Gasteiger partial charge >= 0.3 is 0 Å². The van der Waals surface area contributed by atoms with Crippen LogP contribution in [0.3, 0.4) is 0 Å². The summed E-state index contributed by atoms with van der Waals surface area (Å²) in [6.07, 6.45) is 2.52. The molecule has 0 fully saturated rings. The zero-order valence-corrected chi connectivity index (χ0v) is 14.5. The molecule has 0 radical (unpaired) electrons. The van der Waals surface area contributed by atoms with Gasteiger partial charge in [0.1, 0.15) is 5.75 Å². The van der Waals surface area contributed by atoms with E-state index in [0.717, 1.165) is 47.2 Å². The predicted molar refractivity (Wildman–Crippen MR) is 103 cm³/mol. The van der Waals surface area contributed by atoms with Crippen LogP contribution in [0.5, 0.6) is 5.75 Å². The Kier molecular flexibility index (Phi) is 5.68. The van der Waals surface area contributed by atoms with Gasteiger partial charge in [-0.05, 0) is 47.0 Å². The molecule has 25 heavy (non-hydrogen) atoms. The van der Waals surface area contributed by atoms with E-state index in [2.05, 4.69) is 30.4 Å². The monoisotopic (exact) mass is 333 g/mol. The number of ether oxygens (including phenoxy) is 1. The fourth-order valence-electron chi connectivity index (χ4n) is 2.79. The van der Waals surface area contributed by atoms with Crippen molar-refractivity contribution >= 4 is 22.4 Å². The third-order valence-electron chi connectivity index (χ3n) is 4.14. The van der Waals surface area contributed by atoms with E-state index in [9.17, 15) is 4.79 Å². The fourth-order valence-corrected chi connectivity index (χ4v) is 2.79. The highest BCUT2D eigenvalue weighted by molar-refractivity contribution is 5.96. The van der Waals surface area contributed by atoms with Crippen molar-refractivity contribution in [2.45, 2.75) is 26.2 Å². The average molecular weight is 333 g/mol. The molecular formula is C22H23NO2. The molecule has 3 rings (SSSR count). The van der Waals surface area contributed by atoms with Gasteiger partial charge in [-0.25, -0.2) is 0 Å². The summed E-state index contributed by atoms with van der Waals surface area (Å²) < 4.78 is 5.64. The third-order valence-corrected chi connectivity index (χ3v) is 4.14. The Morgan fingerprint density at radius 1 is 0.960 bits per heavy atom. The van der Waals surface area contributed by atoms with E-state index in [0.29, 0.717) is 6.42 Å². The topological polar surface area (TPSA) is 38.3 Å². The van der Waals surface area contributed by atoms with Crippen LogP contribution in [-0.2, 0) is 11.2 Å². The largest absolute Gasteiger partial charge is 0.494 e. The second-order valence-corrected chi connectivity index (χ2v) is 6.09. The van der Waals surface area contributed by atoms with Crippen LogP contribution < -0.4 is 10.1 Å². The van der Waals surface area contributed by atoms with Crippen LogP contribution in [0, 0.1) is 0 Å². The SMILES string of the molecule is CCCCOc1ccc(NC(=O)Cc2cccc3ccccc23)cc1. The van der Waals surface area contributed by atoms with Crippen molar-refractivity contribution in [1.82, 2.24) is 0 Å². The second kappa shape index (κ2) is 8.34. The normalized spacial score (nSPS) is 10.6. The van der Waals surface area contributed by atoms with Gasteiger partial charge in [0.25, 0.3) is 0 Å². The van der Waals surface area contributed by atoms with Gasteiger partial charge in [0, 0.05) is 5.69 Å². The molecule has 3 heteroatoms.